The van der Waals surface area contributed by atoms with Gasteiger partial charge in [0.25, 0.3) is 0 Å². The van der Waals surface area contributed by atoms with E-state index < -0.39 is 5.91 Å². The van der Waals surface area contributed by atoms with Gasteiger partial charge < -0.3 is 16.0 Å². The molecule has 1 aliphatic carbocycles. The highest BCUT2D eigenvalue weighted by Crippen LogP contribution is 2.33. The third-order valence-corrected chi connectivity index (χ3v) is 5.50. The zero-order valence-corrected chi connectivity index (χ0v) is 21.3. The zero-order valence-electron chi connectivity index (χ0n) is 21.3. The summed E-state index contributed by atoms with van der Waals surface area (Å²) in [5, 5.41) is 3.26. The number of likely N-dealkylation sites (N-methyl/N-ethyl adjacent to an activating group) is 1. The quantitative estimate of drug-likeness (QED) is 0.281. The van der Waals surface area contributed by atoms with E-state index in [9.17, 15) is 9.59 Å². The fourth-order valence-corrected chi connectivity index (χ4v) is 3.20. The molecule has 176 valence electrons. The van der Waals surface area contributed by atoms with E-state index >= 15 is 0 Å². The third-order valence-electron chi connectivity index (χ3n) is 5.50. The molecular formula is C26H45N3O2. The number of hydrogen-bond acceptors (Lipinski definition) is 4. The molecule has 0 saturated carbocycles. The van der Waals surface area contributed by atoms with Gasteiger partial charge in [0.05, 0.1) is 5.57 Å². The topological polar surface area (TPSA) is 75.4 Å². The summed E-state index contributed by atoms with van der Waals surface area (Å²) in [7, 11) is 1.98. The van der Waals surface area contributed by atoms with E-state index in [0.29, 0.717) is 12.0 Å². The van der Waals surface area contributed by atoms with E-state index in [2.05, 4.69) is 31.0 Å². The summed E-state index contributed by atoms with van der Waals surface area (Å²) in [5.74, 6) is -0.240. The Labute approximate surface area is 190 Å². The minimum absolute atomic E-state index is 0.0415. The molecule has 0 spiro atoms. The van der Waals surface area contributed by atoms with Crippen LogP contribution >= 0.6 is 0 Å². The largest absolute Gasteiger partial charge is 0.388 e. The number of unbranched alkanes of at least 4 members (excludes halogenated alkanes) is 1. The van der Waals surface area contributed by atoms with E-state index in [-0.39, 0.29) is 17.2 Å². The first kappa shape index (κ1) is 28.7. The van der Waals surface area contributed by atoms with Crippen molar-refractivity contribution >= 4 is 11.7 Å². The maximum absolute atomic E-state index is 12.4. The Kier molecular flexibility index (Phi) is 12.9. The molecule has 1 rings (SSSR count). The Morgan fingerprint density at radius 1 is 1.32 bits per heavy atom. The number of nitrogens with zero attached hydrogens (tertiary/aromatic N) is 1. The molecule has 0 aromatic carbocycles. The van der Waals surface area contributed by atoms with Crippen molar-refractivity contribution in [2.24, 2.45) is 11.1 Å². The van der Waals surface area contributed by atoms with E-state index in [4.69, 9.17) is 5.73 Å². The Bertz CT molecular complexity index is 727. The Morgan fingerprint density at radius 3 is 2.45 bits per heavy atom. The second-order valence-electron chi connectivity index (χ2n) is 8.81. The van der Waals surface area contributed by atoms with Crippen LogP contribution in [-0.4, -0.2) is 36.2 Å². The number of ketones is 1. The first-order valence-electron chi connectivity index (χ1n) is 11.6. The summed E-state index contributed by atoms with van der Waals surface area (Å²) in [6, 6.07) is 0.0415. The summed E-state index contributed by atoms with van der Waals surface area (Å²) >= 11 is 0. The summed E-state index contributed by atoms with van der Waals surface area (Å²) in [4.78, 5) is 26.3. The van der Waals surface area contributed by atoms with Gasteiger partial charge in [-0.3, -0.25) is 9.59 Å². The highest BCUT2D eigenvalue weighted by molar-refractivity contribution is 5.99. The van der Waals surface area contributed by atoms with E-state index in [1.807, 2.05) is 59.9 Å². The van der Waals surface area contributed by atoms with Crippen LogP contribution in [0.5, 0.6) is 0 Å². The number of hydrogen-bond donors (Lipinski definition) is 2. The maximum atomic E-state index is 12.4. The Morgan fingerprint density at radius 2 is 1.94 bits per heavy atom. The van der Waals surface area contributed by atoms with Crippen molar-refractivity contribution in [1.82, 2.24) is 10.2 Å². The van der Waals surface area contributed by atoms with Crippen LogP contribution < -0.4 is 11.1 Å². The molecule has 0 aromatic rings. The van der Waals surface area contributed by atoms with Gasteiger partial charge in [-0.1, -0.05) is 53.2 Å². The summed E-state index contributed by atoms with van der Waals surface area (Å²) < 4.78 is 0. The SMILES string of the molecule is CC.CCCCN/C(C)=C(/C=C\C(C)N(C)/C(C)=C\C1=CCC(C)(C)CC1=O)C(N)=O. The van der Waals surface area contributed by atoms with Crippen LogP contribution in [0.2, 0.25) is 0 Å². The molecule has 5 heteroatoms. The first-order valence-corrected chi connectivity index (χ1v) is 11.6. The summed E-state index contributed by atoms with van der Waals surface area (Å²) in [6.07, 6.45) is 11.4. The number of rotatable bonds is 10. The molecule has 0 bridgehead atoms. The van der Waals surface area contributed by atoms with E-state index in [1.165, 1.54) is 0 Å². The number of Topliss-reactive ketones (excluding diaryl/α,β-unsaturated/α-hetero) is 1. The van der Waals surface area contributed by atoms with Crippen LogP contribution in [0.15, 0.2) is 46.8 Å². The van der Waals surface area contributed by atoms with Crippen LogP contribution in [-0.2, 0) is 9.59 Å². The fourth-order valence-electron chi connectivity index (χ4n) is 3.20. The first-order chi connectivity index (χ1) is 14.5. The predicted molar refractivity (Wildman–Crippen MR) is 132 cm³/mol. The van der Waals surface area contributed by atoms with Crippen LogP contribution in [0.3, 0.4) is 0 Å². The Balaban J connectivity index is 0.00000436. The van der Waals surface area contributed by atoms with Crippen LogP contribution in [0.25, 0.3) is 0 Å². The number of carbonyl (C=O) groups is 2. The number of carbonyl (C=O) groups excluding carboxylic acids is 2. The van der Waals surface area contributed by atoms with Crippen molar-refractivity contribution in [3.8, 4) is 0 Å². The standard InChI is InChI=1S/C24H39N3O2.C2H6/c1-8-9-14-26-19(4)21(23(25)29)11-10-17(2)27(7)18(3)15-20-12-13-24(5,6)16-22(20)28;1-2/h10-12,15,17,26H,8-9,13-14,16H2,1-7H3,(H2,25,29);1-2H3/b11-10-,18-15-,21-19-;. The lowest BCUT2D eigenvalue weighted by Gasteiger charge is -2.29. The molecule has 1 atom stereocenters. The van der Waals surface area contributed by atoms with Crippen LogP contribution in [0.1, 0.15) is 81.1 Å². The fraction of sp³-hybridized carbons (Fsp3) is 0.615. The van der Waals surface area contributed by atoms with Gasteiger partial charge in [0.15, 0.2) is 5.78 Å². The van der Waals surface area contributed by atoms with Gasteiger partial charge in [0.1, 0.15) is 0 Å². The van der Waals surface area contributed by atoms with Gasteiger partial charge >= 0.3 is 0 Å². The van der Waals surface area contributed by atoms with Crippen LogP contribution in [0.4, 0.5) is 0 Å². The lowest BCUT2D eigenvalue weighted by Crippen LogP contribution is -2.27. The molecule has 1 amide bonds. The number of amides is 1. The molecule has 0 fully saturated rings. The van der Waals surface area contributed by atoms with Crippen molar-refractivity contribution in [1.29, 1.82) is 0 Å². The molecule has 1 aliphatic rings. The van der Waals surface area contributed by atoms with Crippen molar-refractivity contribution in [3.63, 3.8) is 0 Å². The Hall–Kier alpha value is -2.30. The molecule has 1 unspecified atom stereocenters. The zero-order chi connectivity index (χ0) is 24.2. The van der Waals surface area contributed by atoms with Crippen molar-refractivity contribution in [2.45, 2.75) is 87.1 Å². The molecule has 0 radical (unpaired) electrons. The molecule has 0 aliphatic heterocycles. The van der Waals surface area contributed by atoms with Crippen molar-refractivity contribution in [2.75, 3.05) is 13.6 Å². The second-order valence-corrected chi connectivity index (χ2v) is 8.81. The third kappa shape index (κ3) is 10.0. The number of allylic oxidation sites excluding steroid dienone is 5. The highest BCUT2D eigenvalue weighted by atomic mass is 16.1. The molecule has 0 heterocycles. The van der Waals surface area contributed by atoms with Gasteiger partial charge in [0, 0.05) is 43.0 Å². The summed E-state index contributed by atoms with van der Waals surface area (Å²) in [5.41, 5.74) is 8.70. The molecule has 0 aromatic heterocycles. The average molecular weight is 432 g/mol. The smallest absolute Gasteiger partial charge is 0.250 e. The number of primary amides is 1. The molecule has 3 N–H and O–H groups in total. The minimum atomic E-state index is -0.439. The number of nitrogens with one attached hydrogen (secondary N) is 1. The highest BCUT2D eigenvalue weighted by Gasteiger charge is 2.27. The van der Waals surface area contributed by atoms with Gasteiger partial charge in [0.2, 0.25) is 5.91 Å². The monoisotopic (exact) mass is 431 g/mol. The summed E-state index contributed by atoms with van der Waals surface area (Å²) in [6.45, 7) is 17.1. The lowest BCUT2D eigenvalue weighted by atomic mass is 9.77. The van der Waals surface area contributed by atoms with E-state index in [1.54, 1.807) is 6.08 Å². The molecule has 31 heavy (non-hydrogen) atoms. The second kappa shape index (κ2) is 13.9. The maximum Gasteiger partial charge on any atom is 0.250 e. The van der Waals surface area contributed by atoms with Gasteiger partial charge in [-0.2, -0.15) is 0 Å². The lowest BCUT2D eigenvalue weighted by molar-refractivity contribution is -0.117. The average Bonchev–Trinajstić information content (AvgIpc) is 2.70. The normalized spacial score (nSPS) is 17.9. The minimum Gasteiger partial charge on any atom is -0.388 e. The van der Waals surface area contributed by atoms with Crippen LogP contribution in [0, 0.1) is 5.41 Å². The van der Waals surface area contributed by atoms with Crippen molar-refractivity contribution in [3.05, 3.63) is 46.8 Å². The predicted octanol–water partition coefficient (Wildman–Crippen LogP) is 5.26. The number of nitrogens with two attached hydrogens (primary N) is 1. The molecule has 5 nitrogen and oxygen atoms in total. The molecule has 0 saturated heterocycles. The van der Waals surface area contributed by atoms with E-state index in [0.717, 1.165) is 42.8 Å². The van der Waals surface area contributed by atoms with Gasteiger partial charge in [-0.25, -0.2) is 0 Å². The van der Waals surface area contributed by atoms with Crippen molar-refractivity contribution < 1.29 is 9.59 Å². The van der Waals surface area contributed by atoms with Gasteiger partial charge in [-0.15, -0.1) is 0 Å². The molecular weight excluding hydrogens is 386 g/mol. The van der Waals surface area contributed by atoms with Gasteiger partial charge in [-0.05, 0) is 51.2 Å².